The van der Waals surface area contributed by atoms with Crippen LogP contribution >= 0.6 is 23.2 Å². The Labute approximate surface area is 146 Å². The van der Waals surface area contributed by atoms with Crippen molar-refractivity contribution in [2.24, 2.45) is 5.92 Å². The standard InChI is InChI=1S/C17H12Cl2F3NO/c18-16(19)13(10-6-2-1-3-7-10)14(16)15(24)23-12-9-5-4-8-11(12)17(20,21)22/h1-9,13-14H,(H,23,24)/t13-,14-/m1/s1. The van der Waals surface area contributed by atoms with Gasteiger partial charge in [-0.25, -0.2) is 0 Å². The Morgan fingerprint density at radius 3 is 2.21 bits per heavy atom. The van der Waals surface area contributed by atoms with Gasteiger partial charge in [-0.05, 0) is 17.7 Å². The minimum atomic E-state index is -4.56. The first-order valence-electron chi connectivity index (χ1n) is 7.13. The van der Waals surface area contributed by atoms with E-state index in [9.17, 15) is 18.0 Å². The molecule has 1 fully saturated rings. The molecule has 1 N–H and O–H groups in total. The van der Waals surface area contributed by atoms with Gasteiger partial charge < -0.3 is 5.32 Å². The quantitative estimate of drug-likeness (QED) is 0.733. The van der Waals surface area contributed by atoms with Crippen LogP contribution in [0, 0.1) is 5.92 Å². The Morgan fingerprint density at radius 1 is 1.00 bits per heavy atom. The molecule has 126 valence electrons. The van der Waals surface area contributed by atoms with Crippen molar-refractivity contribution in [1.29, 1.82) is 0 Å². The molecule has 1 aliphatic carbocycles. The van der Waals surface area contributed by atoms with Crippen LogP contribution in [0.2, 0.25) is 0 Å². The number of hydrogen-bond acceptors (Lipinski definition) is 1. The van der Waals surface area contributed by atoms with Crippen molar-refractivity contribution in [2.75, 3.05) is 5.32 Å². The van der Waals surface area contributed by atoms with Gasteiger partial charge in [-0.3, -0.25) is 4.79 Å². The number of alkyl halides is 5. The summed E-state index contributed by atoms with van der Waals surface area (Å²) in [6.07, 6.45) is -4.56. The first-order valence-corrected chi connectivity index (χ1v) is 7.88. The summed E-state index contributed by atoms with van der Waals surface area (Å²) in [5, 5.41) is 2.31. The summed E-state index contributed by atoms with van der Waals surface area (Å²) >= 11 is 12.4. The van der Waals surface area contributed by atoms with E-state index in [4.69, 9.17) is 23.2 Å². The molecule has 0 spiro atoms. The van der Waals surface area contributed by atoms with Crippen molar-refractivity contribution < 1.29 is 18.0 Å². The molecule has 24 heavy (non-hydrogen) atoms. The number of amides is 1. The summed E-state index contributed by atoms with van der Waals surface area (Å²) in [5.41, 5.74) is -0.449. The Morgan fingerprint density at radius 2 is 1.58 bits per heavy atom. The van der Waals surface area contributed by atoms with Gasteiger partial charge in [0.1, 0.15) is 4.33 Å². The van der Waals surface area contributed by atoms with Gasteiger partial charge >= 0.3 is 6.18 Å². The maximum Gasteiger partial charge on any atom is 0.418 e. The van der Waals surface area contributed by atoms with Crippen LogP contribution in [0.1, 0.15) is 17.0 Å². The predicted octanol–water partition coefficient (Wildman–Crippen LogP) is 5.23. The molecule has 0 radical (unpaired) electrons. The predicted molar refractivity (Wildman–Crippen MR) is 87.2 cm³/mol. The maximum absolute atomic E-state index is 13.0. The SMILES string of the molecule is O=C(Nc1ccccc1C(F)(F)F)[C@H]1[C@@H](c2ccccc2)C1(Cl)Cl. The van der Waals surface area contributed by atoms with Gasteiger partial charge in [-0.15, -0.1) is 23.2 Å². The van der Waals surface area contributed by atoms with E-state index in [-0.39, 0.29) is 5.69 Å². The number of halogens is 5. The third kappa shape index (κ3) is 3.10. The minimum Gasteiger partial charge on any atom is -0.325 e. The Bertz CT molecular complexity index is 762. The smallest absolute Gasteiger partial charge is 0.325 e. The molecule has 0 saturated heterocycles. The molecular formula is C17H12Cl2F3NO. The maximum atomic E-state index is 13.0. The van der Waals surface area contributed by atoms with Gasteiger partial charge in [-0.1, -0.05) is 42.5 Å². The third-order valence-corrected chi connectivity index (χ3v) is 4.93. The molecule has 0 aliphatic heterocycles. The van der Waals surface area contributed by atoms with Gasteiger partial charge in [-0.2, -0.15) is 13.2 Å². The zero-order valence-electron chi connectivity index (χ0n) is 12.1. The number of carbonyl (C=O) groups excluding carboxylic acids is 1. The fourth-order valence-electron chi connectivity index (χ4n) is 2.78. The lowest BCUT2D eigenvalue weighted by molar-refractivity contribution is -0.137. The molecule has 2 nitrogen and oxygen atoms in total. The molecule has 0 aromatic heterocycles. The van der Waals surface area contributed by atoms with Crippen LogP contribution in [0.25, 0.3) is 0 Å². The normalized spacial score (nSPS) is 22.0. The molecule has 1 amide bonds. The second kappa shape index (κ2) is 5.97. The molecule has 3 rings (SSSR count). The van der Waals surface area contributed by atoms with Crippen molar-refractivity contribution in [3.05, 3.63) is 65.7 Å². The molecule has 7 heteroatoms. The number of anilines is 1. The van der Waals surface area contributed by atoms with Gasteiger partial charge in [0.15, 0.2) is 0 Å². The first kappa shape index (κ1) is 17.1. The van der Waals surface area contributed by atoms with Crippen molar-refractivity contribution >= 4 is 34.8 Å². The van der Waals surface area contributed by atoms with Crippen molar-refractivity contribution in [3.8, 4) is 0 Å². The molecular weight excluding hydrogens is 362 g/mol. The van der Waals surface area contributed by atoms with Crippen LogP contribution in [-0.2, 0) is 11.0 Å². The lowest BCUT2D eigenvalue weighted by atomic mass is 10.1. The molecule has 2 aromatic rings. The summed E-state index contributed by atoms with van der Waals surface area (Å²) in [5.74, 6) is -1.91. The van der Waals surface area contributed by atoms with E-state index in [1.807, 2.05) is 6.07 Å². The van der Waals surface area contributed by atoms with Crippen LogP contribution in [0.3, 0.4) is 0 Å². The van der Waals surface area contributed by atoms with Gasteiger partial charge in [0.25, 0.3) is 0 Å². The van der Waals surface area contributed by atoms with Crippen molar-refractivity contribution in [3.63, 3.8) is 0 Å². The average Bonchev–Trinajstić information content (AvgIpc) is 3.10. The van der Waals surface area contributed by atoms with E-state index < -0.39 is 33.8 Å². The lowest BCUT2D eigenvalue weighted by Crippen LogP contribution is -2.20. The molecule has 1 aliphatic rings. The summed E-state index contributed by atoms with van der Waals surface area (Å²) < 4.78 is 37.7. The highest BCUT2D eigenvalue weighted by Gasteiger charge is 2.67. The highest BCUT2D eigenvalue weighted by molar-refractivity contribution is 6.53. The van der Waals surface area contributed by atoms with E-state index >= 15 is 0 Å². The second-order valence-corrected chi connectivity index (χ2v) is 7.02. The molecule has 0 bridgehead atoms. The van der Waals surface area contributed by atoms with Crippen molar-refractivity contribution in [1.82, 2.24) is 0 Å². The van der Waals surface area contributed by atoms with E-state index in [0.717, 1.165) is 11.6 Å². The number of benzene rings is 2. The van der Waals surface area contributed by atoms with Crippen molar-refractivity contribution in [2.45, 2.75) is 16.4 Å². The Hall–Kier alpha value is -1.72. The van der Waals surface area contributed by atoms with Crippen LogP contribution in [0.15, 0.2) is 54.6 Å². The van der Waals surface area contributed by atoms with Crippen LogP contribution in [-0.4, -0.2) is 10.2 Å². The lowest BCUT2D eigenvalue weighted by Gasteiger charge is -2.13. The number of rotatable bonds is 3. The average molecular weight is 374 g/mol. The summed E-state index contributed by atoms with van der Waals surface area (Å²) in [6, 6.07) is 13.7. The largest absolute Gasteiger partial charge is 0.418 e. The first-order chi connectivity index (χ1) is 11.2. The monoisotopic (exact) mass is 373 g/mol. The number of hydrogen-bond donors (Lipinski definition) is 1. The summed E-state index contributed by atoms with van der Waals surface area (Å²) in [4.78, 5) is 12.4. The zero-order valence-corrected chi connectivity index (χ0v) is 13.7. The molecule has 2 atom stereocenters. The van der Waals surface area contributed by atoms with Gasteiger partial charge in [0.05, 0.1) is 17.2 Å². The molecule has 0 heterocycles. The minimum absolute atomic E-state index is 0.308. The number of para-hydroxylation sites is 1. The summed E-state index contributed by atoms with van der Waals surface area (Å²) in [6.45, 7) is 0. The van der Waals surface area contributed by atoms with Crippen LogP contribution in [0.5, 0.6) is 0 Å². The highest BCUT2D eigenvalue weighted by atomic mass is 35.5. The van der Waals surface area contributed by atoms with Gasteiger partial charge in [0, 0.05) is 5.92 Å². The van der Waals surface area contributed by atoms with E-state index in [1.54, 1.807) is 24.3 Å². The third-order valence-electron chi connectivity index (χ3n) is 3.99. The Balaban J connectivity index is 1.82. The van der Waals surface area contributed by atoms with E-state index in [0.29, 0.717) is 0 Å². The summed E-state index contributed by atoms with van der Waals surface area (Å²) in [7, 11) is 0. The van der Waals surface area contributed by atoms with Crippen LogP contribution in [0.4, 0.5) is 18.9 Å². The van der Waals surface area contributed by atoms with E-state index in [2.05, 4.69) is 5.32 Å². The Kier molecular flexibility index (Phi) is 4.26. The van der Waals surface area contributed by atoms with E-state index in [1.165, 1.54) is 18.2 Å². The molecule has 1 saturated carbocycles. The molecule has 0 unspecified atom stereocenters. The number of carbonyl (C=O) groups is 1. The second-order valence-electron chi connectivity index (χ2n) is 5.57. The highest BCUT2D eigenvalue weighted by Crippen LogP contribution is 2.65. The zero-order chi connectivity index (χ0) is 17.5. The number of nitrogens with one attached hydrogen (secondary N) is 1. The van der Waals surface area contributed by atoms with Crippen LogP contribution < -0.4 is 5.32 Å². The van der Waals surface area contributed by atoms with Gasteiger partial charge in [0.2, 0.25) is 5.91 Å². The molecule has 2 aromatic carbocycles. The fourth-order valence-corrected chi connectivity index (χ4v) is 3.61. The fraction of sp³-hybridized carbons (Fsp3) is 0.235. The topological polar surface area (TPSA) is 29.1 Å².